The first kappa shape index (κ1) is 21.3. The molecule has 0 spiro atoms. The number of hydrogen-bond acceptors (Lipinski definition) is 6. The van der Waals surface area contributed by atoms with Gasteiger partial charge in [-0.15, -0.1) is 16.4 Å². The Kier molecular flexibility index (Phi) is 4.93. The number of aromatic nitrogens is 3. The number of ether oxygens (including phenoxy) is 1. The van der Waals surface area contributed by atoms with E-state index in [4.69, 9.17) is 14.8 Å². The quantitative estimate of drug-likeness (QED) is 0.330. The molecule has 1 aliphatic rings. The van der Waals surface area contributed by atoms with Crippen LogP contribution < -0.4 is 10.5 Å². The van der Waals surface area contributed by atoms with Crippen LogP contribution in [0.5, 0.6) is 0 Å². The SMILES string of the molecule is CC(C)(C)c1ccc(-c2csc3nc4c5ccccc5c(N5CCOCC5)nn4c(=O)c23)cc1. The molecule has 4 heterocycles. The third kappa shape index (κ3) is 3.38. The van der Waals surface area contributed by atoms with Gasteiger partial charge in [-0.05, 0) is 16.5 Å². The zero-order chi connectivity index (χ0) is 23.4. The van der Waals surface area contributed by atoms with E-state index in [-0.39, 0.29) is 11.0 Å². The van der Waals surface area contributed by atoms with Crippen LogP contribution in [0.2, 0.25) is 0 Å². The number of benzene rings is 2. The van der Waals surface area contributed by atoms with Crippen molar-refractivity contribution >= 4 is 43.8 Å². The molecule has 0 radical (unpaired) electrons. The Labute approximate surface area is 201 Å². The van der Waals surface area contributed by atoms with Crippen LogP contribution in [0.4, 0.5) is 5.82 Å². The Balaban J connectivity index is 1.60. The third-order valence-corrected chi connectivity index (χ3v) is 7.43. The molecule has 7 heteroatoms. The lowest BCUT2D eigenvalue weighted by Crippen LogP contribution is -2.37. The lowest BCUT2D eigenvalue weighted by Gasteiger charge is -2.28. The van der Waals surface area contributed by atoms with E-state index in [0.29, 0.717) is 24.2 Å². The molecule has 1 aliphatic heterocycles. The Morgan fingerprint density at radius 3 is 2.38 bits per heavy atom. The number of thiophene rings is 1. The van der Waals surface area contributed by atoms with Gasteiger partial charge in [0.15, 0.2) is 11.5 Å². The topological polar surface area (TPSA) is 59.7 Å². The maximum Gasteiger partial charge on any atom is 0.283 e. The highest BCUT2D eigenvalue weighted by atomic mass is 32.1. The Morgan fingerprint density at radius 2 is 1.68 bits per heavy atom. The third-order valence-electron chi connectivity index (χ3n) is 6.56. The van der Waals surface area contributed by atoms with Crippen molar-refractivity contribution in [3.8, 4) is 11.1 Å². The molecule has 0 N–H and O–H groups in total. The number of rotatable bonds is 2. The van der Waals surface area contributed by atoms with E-state index in [1.807, 2.05) is 23.6 Å². The minimum Gasteiger partial charge on any atom is -0.378 e. The van der Waals surface area contributed by atoms with Gasteiger partial charge in [0.25, 0.3) is 5.56 Å². The van der Waals surface area contributed by atoms with Gasteiger partial charge in [-0.3, -0.25) is 4.79 Å². The van der Waals surface area contributed by atoms with Crippen molar-refractivity contribution < 1.29 is 4.74 Å². The van der Waals surface area contributed by atoms with Crippen LogP contribution >= 0.6 is 11.3 Å². The van der Waals surface area contributed by atoms with Crippen molar-refractivity contribution in [1.82, 2.24) is 14.6 Å². The van der Waals surface area contributed by atoms with Gasteiger partial charge in [0, 0.05) is 34.8 Å². The zero-order valence-electron chi connectivity index (χ0n) is 19.5. The molecule has 0 unspecified atom stereocenters. The fraction of sp³-hybridized carbons (Fsp3) is 0.296. The number of morpholine rings is 1. The van der Waals surface area contributed by atoms with Gasteiger partial charge in [0.2, 0.25) is 0 Å². The standard InChI is InChI=1S/C27H26N4O2S/c1-27(2,3)18-10-8-17(9-11-18)21-16-34-25-22(21)26(32)31-23(28-25)19-6-4-5-7-20(19)24(29-31)30-12-14-33-15-13-30/h4-11,16H,12-15H2,1-3H3. The maximum absolute atomic E-state index is 13.9. The van der Waals surface area contributed by atoms with Gasteiger partial charge in [-0.25, -0.2) is 4.98 Å². The predicted molar refractivity (Wildman–Crippen MR) is 139 cm³/mol. The molecule has 0 atom stereocenters. The van der Waals surface area contributed by atoms with Crippen molar-refractivity contribution in [1.29, 1.82) is 0 Å². The van der Waals surface area contributed by atoms with Crippen LogP contribution in [0.1, 0.15) is 26.3 Å². The summed E-state index contributed by atoms with van der Waals surface area (Å²) >= 11 is 1.51. The van der Waals surface area contributed by atoms with Crippen molar-refractivity contribution in [2.75, 3.05) is 31.2 Å². The maximum atomic E-state index is 13.9. The fourth-order valence-electron chi connectivity index (χ4n) is 4.64. The summed E-state index contributed by atoms with van der Waals surface area (Å²) in [6.45, 7) is 9.40. The zero-order valence-corrected chi connectivity index (χ0v) is 20.4. The molecular formula is C27H26N4O2S. The number of fused-ring (bicyclic) bond motifs is 4. The summed E-state index contributed by atoms with van der Waals surface area (Å²) in [5.41, 5.74) is 3.74. The van der Waals surface area contributed by atoms with Crippen LogP contribution in [0.3, 0.4) is 0 Å². The van der Waals surface area contributed by atoms with E-state index in [2.05, 4.69) is 56.0 Å². The summed E-state index contributed by atoms with van der Waals surface area (Å²) in [7, 11) is 0. The van der Waals surface area contributed by atoms with Crippen LogP contribution in [0.15, 0.2) is 58.7 Å². The molecule has 0 aliphatic carbocycles. The molecule has 0 bridgehead atoms. The van der Waals surface area contributed by atoms with E-state index in [0.717, 1.165) is 45.6 Å². The van der Waals surface area contributed by atoms with E-state index in [9.17, 15) is 4.79 Å². The minimum atomic E-state index is -0.128. The summed E-state index contributed by atoms with van der Waals surface area (Å²) in [5, 5.41) is 9.46. The molecule has 1 saturated heterocycles. The average Bonchev–Trinajstić information content (AvgIpc) is 3.28. The summed E-state index contributed by atoms with van der Waals surface area (Å²) in [6.07, 6.45) is 0. The van der Waals surface area contributed by atoms with E-state index in [1.165, 1.54) is 21.4 Å². The average molecular weight is 471 g/mol. The van der Waals surface area contributed by atoms with Gasteiger partial charge >= 0.3 is 0 Å². The van der Waals surface area contributed by atoms with Crippen LogP contribution in [-0.2, 0) is 10.2 Å². The van der Waals surface area contributed by atoms with Crippen molar-refractivity contribution in [2.24, 2.45) is 0 Å². The molecule has 6 nitrogen and oxygen atoms in total. The Bertz CT molecular complexity index is 1590. The summed E-state index contributed by atoms with van der Waals surface area (Å²) < 4.78 is 7.03. The highest BCUT2D eigenvalue weighted by molar-refractivity contribution is 7.17. The van der Waals surface area contributed by atoms with Crippen LogP contribution in [0, 0.1) is 0 Å². The first-order valence-corrected chi connectivity index (χ1v) is 12.5. The van der Waals surface area contributed by atoms with Crippen LogP contribution in [-0.4, -0.2) is 40.9 Å². The number of hydrogen-bond donors (Lipinski definition) is 0. The first-order valence-electron chi connectivity index (χ1n) is 11.6. The van der Waals surface area contributed by atoms with E-state index < -0.39 is 0 Å². The number of nitrogens with zero attached hydrogens (tertiary/aromatic N) is 4. The van der Waals surface area contributed by atoms with Gasteiger partial charge in [-0.2, -0.15) is 4.52 Å². The van der Waals surface area contributed by atoms with Gasteiger partial charge in [-0.1, -0.05) is 69.3 Å². The van der Waals surface area contributed by atoms with Gasteiger partial charge < -0.3 is 9.64 Å². The molecule has 0 saturated carbocycles. The van der Waals surface area contributed by atoms with Crippen molar-refractivity contribution in [2.45, 2.75) is 26.2 Å². The highest BCUT2D eigenvalue weighted by Gasteiger charge is 2.21. The molecule has 5 aromatic rings. The van der Waals surface area contributed by atoms with Gasteiger partial charge in [0.05, 0.1) is 18.6 Å². The first-order chi connectivity index (χ1) is 16.4. The second-order valence-corrected chi connectivity index (χ2v) is 10.6. The normalized spacial score (nSPS) is 15.0. The summed E-state index contributed by atoms with van der Waals surface area (Å²) in [6, 6.07) is 16.6. The second kappa shape index (κ2) is 7.89. The van der Waals surface area contributed by atoms with Crippen molar-refractivity contribution in [3.05, 3.63) is 69.8 Å². The molecule has 0 amide bonds. The molecule has 2 aromatic carbocycles. The lowest BCUT2D eigenvalue weighted by atomic mass is 9.86. The fourth-order valence-corrected chi connectivity index (χ4v) is 5.58. The Hall–Kier alpha value is -3.29. The van der Waals surface area contributed by atoms with Crippen LogP contribution in [0.25, 0.3) is 37.8 Å². The smallest absolute Gasteiger partial charge is 0.283 e. The minimum absolute atomic E-state index is 0.0768. The monoisotopic (exact) mass is 470 g/mol. The molecule has 172 valence electrons. The lowest BCUT2D eigenvalue weighted by molar-refractivity contribution is 0.122. The summed E-state index contributed by atoms with van der Waals surface area (Å²) in [5.74, 6) is 0.806. The molecule has 1 fully saturated rings. The summed E-state index contributed by atoms with van der Waals surface area (Å²) in [4.78, 5) is 21.7. The number of anilines is 1. The largest absolute Gasteiger partial charge is 0.378 e. The molecule has 34 heavy (non-hydrogen) atoms. The van der Waals surface area contributed by atoms with Gasteiger partial charge in [0.1, 0.15) is 4.83 Å². The Morgan fingerprint density at radius 1 is 0.971 bits per heavy atom. The molecular weight excluding hydrogens is 444 g/mol. The molecule has 3 aromatic heterocycles. The van der Waals surface area contributed by atoms with E-state index in [1.54, 1.807) is 0 Å². The predicted octanol–water partition coefficient (Wildman–Crippen LogP) is 5.26. The second-order valence-electron chi connectivity index (χ2n) is 9.78. The highest BCUT2D eigenvalue weighted by Crippen LogP contribution is 2.34. The van der Waals surface area contributed by atoms with E-state index >= 15 is 0 Å². The van der Waals surface area contributed by atoms with Crippen molar-refractivity contribution in [3.63, 3.8) is 0 Å². The molecule has 6 rings (SSSR count).